The van der Waals surface area contributed by atoms with Crippen LogP contribution in [-0.4, -0.2) is 40.8 Å². The van der Waals surface area contributed by atoms with Gasteiger partial charge in [-0.05, 0) is 49.2 Å². The van der Waals surface area contributed by atoms with E-state index in [-0.39, 0.29) is 0 Å². The first kappa shape index (κ1) is 18.6. The Labute approximate surface area is 164 Å². The van der Waals surface area contributed by atoms with Crippen LogP contribution in [0.5, 0.6) is 5.75 Å². The summed E-state index contributed by atoms with van der Waals surface area (Å²) in [4.78, 5) is 0.311. The third-order valence-corrected chi connectivity index (χ3v) is 6.64. The van der Waals surface area contributed by atoms with Crippen LogP contribution in [0.1, 0.15) is 25.0 Å². The second kappa shape index (κ2) is 8.12. The van der Waals surface area contributed by atoms with Crippen molar-refractivity contribution in [2.75, 3.05) is 13.1 Å². The number of sulfonamides is 1. The zero-order chi connectivity index (χ0) is 19.4. The van der Waals surface area contributed by atoms with Gasteiger partial charge in [0.05, 0.1) is 16.8 Å². The van der Waals surface area contributed by atoms with Crippen molar-refractivity contribution in [3.8, 4) is 11.4 Å². The van der Waals surface area contributed by atoms with Gasteiger partial charge in [0.2, 0.25) is 10.0 Å². The first-order valence-corrected chi connectivity index (χ1v) is 10.8. The van der Waals surface area contributed by atoms with Gasteiger partial charge in [0.1, 0.15) is 18.1 Å². The van der Waals surface area contributed by atoms with Gasteiger partial charge < -0.3 is 4.74 Å². The van der Waals surface area contributed by atoms with Crippen molar-refractivity contribution in [1.82, 2.24) is 19.3 Å². The largest absolute Gasteiger partial charge is 0.487 e. The van der Waals surface area contributed by atoms with E-state index in [0.717, 1.165) is 30.7 Å². The lowest BCUT2D eigenvalue weighted by Gasteiger charge is -2.25. The van der Waals surface area contributed by atoms with Gasteiger partial charge in [-0.2, -0.15) is 4.31 Å². The predicted octanol–water partition coefficient (Wildman–Crippen LogP) is 3.02. The number of ether oxygens (including phenoxy) is 1. The number of benzene rings is 2. The Hall–Kier alpha value is -2.71. The van der Waals surface area contributed by atoms with Crippen molar-refractivity contribution >= 4 is 10.0 Å². The molecular formula is C20H22N4O3S. The molecule has 7 nitrogen and oxygen atoms in total. The molecule has 0 unspecified atom stereocenters. The van der Waals surface area contributed by atoms with Gasteiger partial charge in [-0.1, -0.05) is 29.8 Å². The third-order valence-electron chi connectivity index (χ3n) is 4.72. The van der Waals surface area contributed by atoms with Crippen molar-refractivity contribution in [1.29, 1.82) is 0 Å². The maximum absolute atomic E-state index is 12.7. The summed E-state index contributed by atoms with van der Waals surface area (Å²) in [5, 5.41) is 8.22. The first-order chi connectivity index (χ1) is 13.6. The van der Waals surface area contributed by atoms with E-state index in [1.165, 1.54) is 0 Å². The Balaban J connectivity index is 1.45. The number of aromatic nitrogens is 3. The van der Waals surface area contributed by atoms with Crippen LogP contribution >= 0.6 is 0 Å². The zero-order valence-corrected chi connectivity index (χ0v) is 16.3. The molecule has 0 N–H and O–H groups in total. The third kappa shape index (κ3) is 4.07. The van der Waals surface area contributed by atoms with Crippen molar-refractivity contribution in [3.05, 3.63) is 66.5 Å². The molecule has 0 radical (unpaired) electrons. The van der Waals surface area contributed by atoms with E-state index in [1.54, 1.807) is 39.4 Å². The Morgan fingerprint density at radius 3 is 2.36 bits per heavy atom. The van der Waals surface area contributed by atoms with Crippen molar-refractivity contribution in [2.24, 2.45) is 0 Å². The summed E-state index contributed by atoms with van der Waals surface area (Å²) in [5.41, 5.74) is 1.44. The standard InChI is InChI=1S/C20H22N4O3S/c25-28(26,23-13-5-2-6-14-23)20-11-9-18(10-12-20)24-15-17(21-22-24)16-27-19-7-3-1-4-8-19/h1,3-4,7-12,15H,2,5-6,13-14,16H2. The number of nitrogens with zero attached hydrogens (tertiary/aromatic N) is 4. The van der Waals surface area contributed by atoms with Gasteiger partial charge in [0.25, 0.3) is 0 Å². The molecule has 0 atom stereocenters. The lowest BCUT2D eigenvalue weighted by Crippen LogP contribution is -2.35. The molecule has 1 fully saturated rings. The second-order valence-corrected chi connectivity index (χ2v) is 8.65. The number of hydrogen-bond donors (Lipinski definition) is 0. The quantitative estimate of drug-likeness (QED) is 0.638. The highest BCUT2D eigenvalue weighted by Gasteiger charge is 2.25. The van der Waals surface area contributed by atoms with Gasteiger partial charge >= 0.3 is 0 Å². The van der Waals surface area contributed by atoms with Crippen LogP contribution in [0, 0.1) is 0 Å². The summed E-state index contributed by atoms with van der Waals surface area (Å²) in [6.07, 6.45) is 4.71. The van der Waals surface area contributed by atoms with E-state index < -0.39 is 10.0 Å². The molecule has 1 aliphatic heterocycles. The van der Waals surface area contributed by atoms with Crippen molar-refractivity contribution in [2.45, 2.75) is 30.8 Å². The van der Waals surface area contributed by atoms with Crippen LogP contribution in [0.2, 0.25) is 0 Å². The van der Waals surface area contributed by atoms with Crippen LogP contribution in [0.4, 0.5) is 0 Å². The molecule has 1 aliphatic rings. The Morgan fingerprint density at radius 1 is 0.929 bits per heavy atom. The number of rotatable bonds is 6. The molecule has 0 spiro atoms. The molecule has 0 saturated carbocycles. The van der Waals surface area contributed by atoms with Gasteiger partial charge in [0.15, 0.2) is 0 Å². The van der Waals surface area contributed by atoms with Gasteiger partial charge in [0, 0.05) is 13.1 Å². The van der Waals surface area contributed by atoms with Crippen LogP contribution in [-0.2, 0) is 16.6 Å². The Morgan fingerprint density at radius 2 is 1.64 bits per heavy atom. The molecule has 2 heterocycles. The number of para-hydroxylation sites is 1. The minimum absolute atomic E-state index is 0.311. The highest BCUT2D eigenvalue weighted by atomic mass is 32.2. The Bertz CT molecular complexity index is 1010. The van der Waals surface area contributed by atoms with Gasteiger partial charge in [-0.25, -0.2) is 13.1 Å². The summed E-state index contributed by atoms with van der Waals surface area (Å²) in [6.45, 7) is 1.50. The summed E-state index contributed by atoms with van der Waals surface area (Å²) in [7, 11) is -3.43. The molecule has 28 heavy (non-hydrogen) atoms. The average Bonchev–Trinajstić information content (AvgIpc) is 3.23. The lowest BCUT2D eigenvalue weighted by atomic mass is 10.2. The van der Waals surface area contributed by atoms with Crippen LogP contribution in [0.15, 0.2) is 65.7 Å². The second-order valence-electron chi connectivity index (χ2n) is 6.71. The normalized spacial score (nSPS) is 15.4. The lowest BCUT2D eigenvalue weighted by molar-refractivity contribution is 0.301. The first-order valence-electron chi connectivity index (χ1n) is 9.32. The maximum atomic E-state index is 12.7. The fraction of sp³-hybridized carbons (Fsp3) is 0.300. The Kier molecular flexibility index (Phi) is 5.40. The molecule has 3 aromatic rings. The van der Waals surface area contributed by atoms with E-state index in [4.69, 9.17) is 4.74 Å². The van der Waals surface area contributed by atoms with E-state index in [1.807, 2.05) is 30.3 Å². The van der Waals surface area contributed by atoms with E-state index in [0.29, 0.717) is 30.3 Å². The smallest absolute Gasteiger partial charge is 0.243 e. The van der Waals surface area contributed by atoms with Gasteiger partial charge in [-0.15, -0.1) is 5.10 Å². The molecule has 1 aromatic heterocycles. The fourth-order valence-electron chi connectivity index (χ4n) is 3.19. The summed E-state index contributed by atoms with van der Waals surface area (Å²) in [6, 6.07) is 16.2. The molecule has 0 aliphatic carbocycles. The van der Waals surface area contributed by atoms with Crippen LogP contribution < -0.4 is 4.74 Å². The zero-order valence-electron chi connectivity index (χ0n) is 15.4. The molecule has 8 heteroatoms. The SMILES string of the molecule is O=S(=O)(c1ccc(-n2cc(COc3ccccc3)nn2)cc1)N1CCCCC1. The number of piperidine rings is 1. The maximum Gasteiger partial charge on any atom is 0.243 e. The predicted molar refractivity (Wildman–Crippen MR) is 105 cm³/mol. The monoisotopic (exact) mass is 398 g/mol. The minimum atomic E-state index is -3.43. The summed E-state index contributed by atoms with van der Waals surface area (Å²) < 4.78 is 34.3. The van der Waals surface area contributed by atoms with Crippen LogP contribution in [0.25, 0.3) is 5.69 Å². The molecule has 0 amide bonds. The highest BCUT2D eigenvalue weighted by molar-refractivity contribution is 7.89. The topological polar surface area (TPSA) is 77.3 Å². The van der Waals surface area contributed by atoms with Gasteiger partial charge in [-0.3, -0.25) is 0 Å². The molecule has 2 aromatic carbocycles. The fourth-order valence-corrected chi connectivity index (χ4v) is 4.71. The number of hydrogen-bond acceptors (Lipinski definition) is 5. The van der Waals surface area contributed by atoms with Crippen molar-refractivity contribution < 1.29 is 13.2 Å². The minimum Gasteiger partial charge on any atom is -0.487 e. The summed E-state index contributed by atoms with van der Waals surface area (Å²) in [5.74, 6) is 0.768. The average molecular weight is 398 g/mol. The van der Waals surface area contributed by atoms with Crippen molar-refractivity contribution in [3.63, 3.8) is 0 Å². The van der Waals surface area contributed by atoms with E-state index >= 15 is 0 Å². The van der Waals surface area contributed by atoms with E-state index in [2.05, 4.69) is 10.3 Å². The molecule has 1 saturated heterocycles. The molecule has 0 bridgehead atoms. The van der Waals surface area contributed by atoms with E-state index in [9.17, 15) is 8.42 Å². The summed E-state index contributed by atoms with van der Waals surface area (Å²) >= 11 is 0. The van der Waals surface area contributed by atoms with Crippen LogP contribution in [0.3, 0.4) is 0 Å². The molecule has 146 valence electrons. The molecule has 4 rings (SSSR count). The highest BCUT2D eigenvalue weighted by Crippen LogP contribution is 2.21. The molecular weight excluding hydrogens is 376 g/mol.